The van der Waals surface area contributed by atoms with Crippen molar-refractivity contribution < 1.29 is 13.2 Å². The molecule has 1 N–H and O–H groups in total. The molecule has 0 saturated carbocycles. The molecule has 2 aromatic rings. The number of amides is 1. The Kier molecular flexibility index (Phi) is 7.50. The smallest absolute Gasteiger partial charge is 0.251 e. The third-order valence-corrected chi connectivity index (χ3v) is 7.32. The zero-order valence-electron chi connectivity index (χ0n) is 17.8. The maximum atomic E-state index is 12.5. The summed E-state index contributed by atoms with van der Waals surface area (Å²) in [7, 11) is -3.33. The Morgan fingerprint density at radius 1 is 1.03 bits per heavy atom. The minimum absolute atomic E-state index is 0.0416. The van der Waals surface area contributed by atoms with Gasteiger partial charge in [-0.3, -0.25) is 14.0 Å². The van der Waals surface area contributed by atoms with E-state index in [9.17, 15) is 13.2 Å². The van der Waals surface area contributed by atoms with Crippen LogP contribution in [0.5, 0.6) is 0 Å². The van der Waals surface area contributed by atoms with E-state index >= 15 is 0 Å². The monoisotopic (exact) mass is 429 g/mol. The first kappa shape index (κ1) is 22.3. The van der Waals surface area contributed by atoms with Gasteiger partial charge in [-0.1, -0.05) is 24.3 Å². The van der Waals surface area contributed by atoms with Gasteiger partial charge in [0, 0.05) is 25.2 Å². The highest BCUT2D eigenvalue weighted by Crippen LogP contribution is 2.19. The number of nitrogens with zero attached hydrogens (tertiary/aromatic N) is 2. The van der Waals surface area contributed by atoms with Crippen molar-refractivity contribution in [2.24, 2.45) is 0 Å². The van der Waals surface area contributed by atoms with Crippen LogP contribution in [0.3, 0.4) is 0 Å². The maximum absolute atomic E-state index is 12.5. The summed E-state index contributed by atoms with van der Waals surface area (Å²) in [6, 6.07) is 15.0. The molecule has 1 saturated heterocycles. The number of carbonyl (C=O) groups excluding carboxylic acids is 1. The van der Waals surface area contributed by atoms with Crippen molar-refractivity contribution in [2.75, 3.05) is 29.7 Å². The number of hydrogen-bond acceptors (Lipinski definition) is 4. The van der Waals surface area contributed by atoms with E-state index in [-0.39, 0.29) is 11.7 Å². The normalized spacial score (nSPS) is 14.6. The molecule has 1 aliphatic rings. The summed E-state index contributed by atoms with van der Waals surface area (Å²) in [5, 5.41) is 2.96. The molecule has 2 aromatic carbocycles. The second-order valence-electron chi connectivity index (χ2n) is 7.60. The zero-order chi connectivity index (χ0) is 21.6. The molecule has 0 atom stereocenters. The van der Waals surface area contributed by atoms with Gasteiger partial charge < -0.3 is 5.32 Å². The van der Waals surface area contributed by atoms with Crippen molar-refractivity contribution in [3.8, 4) is 0 Å². The summed E-state index contributed by atoms with van der Waals surface area (Å²) in [5.74, 6) is -0.132. The highest BCUT2D eigenvalue weighted by atomic mass is 32.2. The lowest BCUT2D eigenvalue weighted by Gasteiger charge is -2.22. The largest absolute Gasteiger partial charge is 0.348 e. The number of nitrogens with one attached hydrogen (secondary N) is 1. The summed E-state index contributed by atoms with van der Waals surface area (Å²) in [6.45, 7) is 7.51. The van der Waals surface area contributed by atoms with Crippen LogP contribution >= 0.6 is 0 Å². The van der Waals surface area contributed by atoms with E-state index in [1.165, 1.54) is 22.7 Å². The fraction of sp³-hybridized carbons (Fsp3) is 0.435. The lowest BCUT2D eigenvalue weighted by atomic mass is 10.1. The van der Waals surface area contributed by atoms with E-state index in [0.29, 0.717) is 24.3 Å². The zero-order valence-corrected chi connectivity index (χ0v) is 18.6. The van der Waals surface area contributed by atoms with Gasteiger partial charge in [-0.2, -0.15) is 0 Å². The summed E-state index contributed by atoms with van der Waals surface area (Å²) in [6.07, 6.45) is 2.55. The van der Waals surface area contributed by atoms with Crippen LogP contribution in [0.4, 0.5) is 5.69 Å². The predicted molar refractivity (Wildman–Crippen MR) is 121 cm³/mol. The summed E-state index contributed by atoms with van der Waals surface area (Å²) >= 11 is 0. The van der Waals surface area contributed by atoms with Gasteiger partial charge in [0.1, 0.15) is 0 Å². The van der Waals surface area contributed by atoms with Crippen molar-refractivity contribution in [3.63, 3.8) is 0 Å². The Labute approximate surface area is 179 Å². The van der Waals surface area contributed by atoms with E-state index in [0.717, 1.165) is 25.2 Å². The van der Waals surface area contributed by atoms with Gasteiger partial charge in [0.05, 0.1) is 11.4 Å². The van der Waals surface area contributed by atoms with Crippen LogP contribution < -0.4 is 9.62 Å². The van der Waals surface area contributed by atoms with E-state index in [1.54, 1.807) is 38.1 Å². The number of sulfonamides is 1. The molecule has 1 amide bonds. The minimum Gasteiger partial charge on any atom is -0.348 e. The molecule has 30 heavy (non-hydrogen) atoms. The van der Waals surface area contributed by atoms with Crippen molar-refractivity contribution in [1.29, 1.82) is 0 Å². The highest BCUT2D eigenvalue weighted by molar-refractivity contribution is 7.92. The van der Waals surface area contributed by atoms with Gasteiger partial charge in [-0.15, -0.1) is 0 Å². The Bertz CT molecular complexity index is 952. The molecule has 1 heterocycles. The molecule has 1 aliphatic heterocycles. The van der Waals surface area contributed by atoms with Crippen LogP contribution in [0, 0.1) is 0 Å². The third-order valence-electron chi connectivity index (χ3n) is 5.45. The molecule has 0 spiro atoms. The average Bonchev–Trinajstić information content (AvgIpc) is 3.26. The van der Waals surface area contributed by atoms with Gasteiger partial charge in [0.2, 0.25) is 10.0 Å². The van der Waals surface area contributed by atoms with Crippen molar-refractivity contribution in [3.05, 3.63) is 65.2 Å². The van der Waals surface area contributed by atoms with Crippen LogP contribution in [0.15, 0.2) is 48.5 Å². The highest BCUT2D eigenvalue weighted by Gasteiger charge is 2.19. The molecular formula is C23H31N3O3S. The first-order valence-corrected chi connectivity index (χ1v) is 12.2. The summed E-state index contributed by atoms with van der Waals surface area (Å²) in [4.78, 5) is 15.0. The second-order valence-corrected chi connectivity index (χ2v) is 9.78. The van der Waals surface area contributed by atoms with Gasteiger partial charge >= 0.3 is 0 Å². The number of carbonyl (C=O) groups is 1. The fourth-order valence-electron chi connectivity index (χ4n) is 3.80. The molecule has 1 fully saturated rings. The van der Waals surface area contributed by atoms with Crippen LogP contribution in [-0.4, -0.2) is 44.6 Å². The molecule has 0 bridgehead atoms. The van der Waals surface area contributed by atoms with Crippen LogP contribution in [-0.2, 0) is 23.1 Å². The second kappa shape index (κ2) is 10.1. The lowest BCUT2D eigenvalue weighted by molar-refractivity contribution is 0.0951. The molecule has 162 valence electrons. The van der Waals surface area contributed by atoms with Crippen molar-refractivity contribution in [2.45, 2.75) is 39.8 Å². The first-order valence-electron chi connectivity index (χ1n) is 10.6. The van der Waals surface area contributed by atoms with Crippen LogP contribution in [0.1, 0.15) is 48.2 Å². The van der Waals surface area contributed by atoms with Crippen molar-refractivity contribution >= 4 is 21.6 Å². The van der Waals surface area contributed by atoms with Gasteiger partial charge in [0.25, 0.3) is 5.91 Å². The lowest BCUT2D eigenvalue weighted by Crippen LogP contribution is -2.32. The molecule has 0 radical (unpaired) electrons. The summed E-state index contributed by atoms with van der Waals surface area (Å²) < 4.78 is 25.7. The third kappa shape index (κ3) is 5.61. The topological polar surface area (TPSA) is 69.7 Å². The Morgan fingerprint density at radius 3 is 2.33 bits per heavy atom. The Morgan fingerprint density at radius 2 is 1.70 bits per heavy atom. The molecule has 3 rings (SSSR count). The molecular weight excluding hydrogens is 398 g/mol. The molecule has 6 nitrogen and oxygen atoms in total. The van der Waals surface area contributed by atoms with E-state index in [2.05, 4.69) is 22.3 Å². The number of likely N-dealkylation sites (tertiary alicyclic amines) is 1. The predicted octanol–water partition coefficient (Wildman–Crippen LogP) is 3.39. The number of rotatable bonds is 9. The maximum Gasteiger partial charge on any atom is 0.251 e. The molecule has 0 unspecified atom stereocenters. The first-order chi connectivity index (χ1) is 14.4. The van der Waals surface area contributed by atoms with Crippen LogP contribution in [0.2, 0.25) is 0 Å². The van der Waals surface area contributed by atoms with E-state index in [1.807, 2.05) is 12.1 Å². The number of benzene rings is 2. The SMILES string of the molecule is CCN(c1ccc(C(=O)NCc2cccc(CN3CCCC3)c2)cc1)S(=O)(=O)CC. The molecule has 0 aromatic heterocycles. The fourth-order valence-corrected chi connectivity index (χ4v) is 4.94. The minimum atomic E-state index is -3.33. The number of hydrogen-bond donors (Lipinski definition) is 1. The molecule has 7 heteroatoms. The van der Waals surface area contributed by atoms with Gasteiger partial charge in [0.15, 0.2) is 0 Å². The quantitative estimate of drug-likeness (QED) is 0.663. The molecule has 0 aliphatic carbocycles. The average molecular weight is 430 g/mol. The number of anilines is 1. The van der Waals surface area contributed by atoms with Gasteiger partial charge in [-0.25, -0.2) is 8.42 Å². The van der Waals surface area contributed by atoms with E-state index in [4.69, 9.17) is 0 Å². The van der Waals surface area contributed by atoms with Crippen molar-refractivity contribution in [1.82, 2.24) is 10.2 Å². The Hall–Kier alpha value is -2.38. The summed E-state index contributed by atoms with van der Waals surface area (Å²) in [5.41, 5.74) is 3.43. The van der Waals surface area contributed by atoms with Crippen LogP contribution in [0.25, 0.3) is 0 Å². The Balaban J connectivity index is 1.60. The standard InChI is InChI=1S/C23H31N3O3S/c1-3-26(30(28,29)4-2)22-12-10-21(11-13-22)23(27)24-17-19-8-7-9-20(16-19)18-25-14-5-6-15-25/h7-13,16H,3-6,14-15,17-18H2,1-2H3,(H,24,27). The van der Waals surface area contributed by atoms with Gasteiger partial charge in [-0.05, 0) is 75.2 Å². The van der Waals surface area contributed by atoms with E-state index < -0.39 is 10.0 Å².